The summed E-state index contributed by atoms with van der Waals surface area (Å²) in [6.45, 7) is 7.87. The van der Waals surface area contributed by atoms with E-state index in [9.17, 15) is 14.0 Å². The van der Waals surface area contributed by atoms with Gasteiger partial charge in [-0.2, -0.15) is 0 Å². The van der Waals surface area contributed by atoms with Crippen molar-refractivity contribution in [2.24, 2.45) is 0 Å². The highest BCUT2D eigenvalue weighted by Gasteiger charge is 2.24. The second kappa shape index (κ2) is 8.13. The van der Waals surface area contributed by atoms with Crippen molar-refractivity contribution in [1.29, 1.82) is 0 Å². The van der Waals surface area contributed by atoms with Gasteiger partial charge in [0.1, 0.15) is 12.4 Å². The lowest BCUT2D eigenvalue weighted by Crippen LogP contribution is -2.40. The number of nitrogens with one attached hydrogen (secondary N) is 1. The van der Waals surface area contributed by atoms with Crippen LogP contribution in [0, 0.1) is 5.82 Å². The molecule has 0 saturated heterocycles. The fraction of sp³-hybridized carbons (Fsp3) is 0.333. The monoisotopic (exact) mass is 356 g/mol. The molecular weight excluding hydrogens is 331 g/mol. The molecule has 0 radical (unpaired) electrons. The summed E-state index contributed by atoms with van der Waals surface area (Å²) >= 11 is 0. The van der Waals surface area contributed by atoms with Gasteiger partial charge in [-0.25, -0.2) is 4.39 Å². The quantitative estimate of drug-likeness (QED) is 0.886. The number of anilines is 1. The first-order valence-electron chi connectivity index (χ1n) is 8.57. The minimum Gasteiger partial charge on any atom is -0.350 e. The van der Waals surface area contributed by atoms with E-state index in [2.05, 4.69) is 26.1 Å². The summed E-state index contributed by atoms with van der Waals surface area (Å²) in [7, 11) is 0. The third-order valence-electron chi connectivity index (χ3n) is 4.09. The minimum absolute atomic E-state index is 0.0659. The number of benzene rings is 2. The van der Waals surface area contributed by atoms with Crippen molar-refractivity contribution < 1.29 is 14.0 Å². The van der Waals surface area contributed by atoms with Gasteiger partial charge in [0.15, 0.2) is 0 Å². The lowest BCUT2D eigenvalue weighted by atomic mass is 9.85. The Morgan fingerprint density at radius 1 is 1.04 bits per heavy atom. The fourth-order valence-electron chi connectivity index (χ4n) is 2.71. The number of hydrogen-bond donors (Lipinski definition) is 1. The molecule has 0 unspecified atom stereocenters. The molecule has 4 nitrogen and oxygen atoms in total. The first-order chi connectivity index (χ1) is 12.2. The number of rotatable bonds is 5. The molecule has 0 aromatic heterocycles. The lowest BCUT2D eigenvalue weighted by molar-refractivity contribution is -0.123. The van der Waals surface area contributed by atoms with Crippen LogP contribution in [0.15, 0.2) is 48.5 Å². The predicted molar refractivity (Wildman–Crippen MR) is 101 cm³/mol. The Hall–Kier alpha value is -2.69. The topological polar surface area (TPSA) is 49.4 Å². The van der Waals surface area contributed by atoms with Gasteiger partial charge in [0, 0.05) is 19.2 Å². The van der Waals surface area contributed by atoms with Crippen molar-refractivity contribution in [3.05, 3.63) is 65.5 Å². The number of hydrogen-bond acceptors (Lipinski definition) is 2. The Labute approximate surface area is 154 Å². The number of halogens is 1. The van der Waals surface area contributed by atoms with Crippen LogP contribution < -0.4 is 10.2 Å². The van der Waals surface area contributed by atoms with E-state index in [0.717, 1.165) is 16.8 Å². The van der Waals surface area contributed by atoms with Crippen molar-refractivity contribution in [2.75, 3.05) is 11.4 Å². The van der Waals surface area contributed by atoms with Crippen molar-refractivity contribution in [2.45, 2.75) is 39.7 Å². The number of carbonyl (C=O) groups excluding carboxylic acids is 2. The van der Waals surface area contributed by atoms with Crippen LogP contribution in [-0.2, 0) is 21.5 Å². The highest BCUT2D eigenvalue weighted by molar-refractivity contribution is 5.98. The Bertz CT molecular complexity index is 779. The highest BCUT2D eigenvalue weighted by atomic mass is 19.1. The molecule has 2 amide bonds. The summed E-state index contributed by atoms with van der Waals surface area (Å²) in [5.74, 6) is -0.784. The molecule has 0 heterocycles. The van der Waals surface area contributed by atoms with Crippen LogP contribution in [0.4, 0.5) is 10.1 Å². The predicted octanol–water partition coefficient (Wildman–Crippen LogP) is 3.79. The molecule has 5 heteroatoms. The Balaban J connectivity index is 2.12. The molecule has 2 aromatic rings. The SMILES string of the molecule is CC(=O)N(CC(=O)NCc1ccc(F)cc1)c1ccccc1C(C)(C)C. The summed E-state index contributed by atoms with van der Waals surface area (Å²) in [5, 5.41) is 2.78. The Kier molecular flexibility index (Phi) is 6.14. The van der Waals surface area contributed by atoms with Gasteiger partial charge in [-0.15, -0.1) is 0 Å². The molecule has 0 aliphatic rings. The van der Waals surface area contributed by atoms with Crippen molar-refractivity contribution in [1.82, 2.24) is 5.32 Å². The Morgan fingerprint density at radius 2 is 1.65 bits per heavy atom. The average molecular weight is 356 g/mol. The van der Waals surface area contributed by atoms with E-state index in [-0.39, 0.29) is 36.1 Å². The van der Waals surface area contributed by atoms with Crippen LogP contribution in [0.5, 0.6) is 0 Å². The molecule has 26 heavy (non-hydrogen) atoms. The van der Waals surface area contributed by atoms with E-state index in [1.165, 1.54) is 24.0 Å². The van der Waals surface area contributed by atoms with Gasteiger partial charge in [-0.3, -0.25) is 9.59 Å². The van der Waals surface area contributed by atoms with E-state index < -0.39 is 0 Å². The second-order valence-corrected chi connectivity index (χ2v) is 7.28. The summed E-state index contributed by atoms with van der Waals surface area (Å²) in [4.78, 5) is 26.0. The van der Waals surface area contributed by atoms with Crippen LogP contribution in [0.1, 0.15) is 38.8 Å². The zero-order valence-corrected chi connectivity index (χ0v) is 15.7. The van der Waals surface area contributed by atoms with Crippen molar-refractivity contribution in [3.63, 3.8) is 0 Å². The molecule has 2 rings (SSSR count). The molecule has 138 valence electrons. The highest BCUT2D eigenvalue weighted by Crippen LogP contribution is 2.31. The molecule has 1 N–H and O–H groups in total. The first-order valence-corrected chi connectivity index (χ1v) is 8.57. The molecule has 0 fully saturated rings. The maximum Gasteiger partial charge on any atom is 0.240 e. The smallest absolute Gasteiger partial charge is 0.240 e. The average Bonchev–Trinajstić information content (AvgIpc) is 2.58. The number of para-hydroxylation sites is 1. The second-order valence-electron chi connectivity index (χ2n) is 7.28. The van der Waals surface area contributed by atoms with Gasteiger partial charge in [-0.1, -0.05) is 51.1 Å². The molecule has 0 spiro atoms. The van der Waals surface area contributed by atoms with E-state index in [0.29, 0.717) is 0 Å². The maximum absolute atomic E-state index is 12.9. The fourth-order valence-corrected chi connectivity index (χ4v) is 2.71. The van der Waals surface area contributed by atoms with E-state index in [1.807, 2.05) is 24.3 Å². The molecule has 0 aliphatic heterocycles. The number of carbonyl (C=O) groups is 2. The van der Waals surface area contributed by atoms with Crippen molar-refractivity contribution in [3.8, 4) is 0 Å². The molecule has 0 aliphatic carbocycles. The summed E-state index contributed by atoms with van der Waals surface area (Å²) in [6.07, 6.45) is 0. The lowest BCUT2D eigenvalue weighted by Gasteiger charge is -2.29. The Morgan fingerprint density at radius 3 is 2.23 bits per heavy atom. The van der Waals surface area contributed by atoms with Crippen LogP contribution in [-0.4, -0.2) is 18.4 Å². The zero-order chi connectivity index (χ0) is 19.3. The largest absolute Gasteiger partial charge is 0.350 e. The standard InChI is InChI=1S/C21H25FN2O2/c1-15(25)24(19-8-6-5-7-18(19)21(2,3)4)14-20(26)23-13-16-9-11-17(22)12-10-16/h5-12H,13-14H2,1-4H3,(H,23,26). The van der Waals surface area contributed by atoms with Gasteiger partial charge in [0.05, 0.1) is 0 Å². The molecule has 0 bridgehead atoms. The molecule has 0 saturated carbocycles. The third kappa shape index (κ3) is 5.15. The van der Waals surface area contributed by atoms with Crippen LogP contribution >= 0.6 is 0 Å². The van der Waals surface area contributed by atoms with Gasteiger partial charge in [0.25, 0.3) is 0 Å². The summed E-state index contributed by atoms with van der Waals surface area (Å²) in [5.41, 5.74) is 2.38. The summed E-state index contributed by atoms with van der Waals surface area (Å²) in [6, 6.07) is 13.6. The van der Waals surface area contributed by atoms with Crippen LogP contribution in [0.25, 0.3) is 0 Å². The maximum atomic E-state index is 12.9. The molecular formula is C21H25FN2O2. The van der Waals surface area contributed by atoms with Gasteiger partial charge in [0.2, 0.25) is 11.8 Å². The van der Waals surface area contributed by atoms with E-state index in [1.54, 1.807) is 12.1 Å². The van der Waals surface area contributed by atoms with Crippen LogP contribution in [0.3, 0.4) is 0 Å². The van der Waals surface area contributed by atoms with E-state index >= 15 is 0 Å². The minimum atomic E-state index is -0.318. The van der Waals surface area contributed by atoms with Gasteiger partial charge >= 0.3 is 0 Å². The third-order valence-corrected chi connectivity index (χ3v) is 4.09. The number of nitrogens with zero attached hydrogens (tertiary/aromatic N) is 1. The van der Waals surface area contributed by atoms with Crippen molar-refractivity contribution >= 4 is 17.5 Å². The summed E-state index contributed by atoms with van der Waals surface area (Å²) < 4.78 is 12.9. The van der Waals surface area contributed by atoms with E-state index in [4.69, 9.17) is 0 Å². The number of amides is 2. The molecule has 0 atom stereocenters. The first kappa shape index (κ1) is 19.6. The van der Waals surface area contributed by atoms with Crippen LogP contribution in [0.2, 0.25) is 0 Å². The molecule has 2 aromatic carbocycles. The van der Waals surface area contributed by atoms with Gasteiger partial charge < -0.3 is 10.2 Å². The normalized spacial score (nSPS) is 11.1. The zero-order valence-electron chi connectivity index (χ0n) is 15.7. The van der Waals surface area contributed by atoms with Gasteiger partial charge in [-0.05, 0) is 34.7 Å².